The molecule has 1 saturated carbocycles. The zero-order valence-corrected chi connectivity index (χ0v) is 13.5. The molecule has 2 aromatic rings. The molecule has 0 amide bonds. The summed E-state index contributed by atoms with van der Waals surface area (Å²) in [5, 5.41) is 4.08. The molecule has 0 spiro atoms. The molecule has 22 heavy (non-hydrogen) atoms. The Morgan fingerprint density at radius 3 is 2.77 bits per heavy atom. The fraction of sp³-hybridized carbons (Fsp3) is 0.357. The van der Waals surface area contributed by atoms with Gasteiger partial charge in [-0.3, -0.25) is 4.68 Å². The normalized spacial score (nSPS) is 15.2. The van der Waals surface area contributed by atoms with Crippen molar-refractivity contribution < 1.29 is 12.8 Å². The molecule has 1 aliphatic rings. The van der Waals surface area contributed by atoms with Crippen LogP contribution in [0.2, 0.25) is 5.02 Å². The Hall–Kier alpha value is -1.44. The van der Waals surface area contributed by atoms with E-state index in [-0.39, 0.29) is 16.5 Å². The van der Waals surface area contributed by atoms with E-state index in [0.29, 0.717) is 11.6 Å². The molecule has 0 radical (unpaired) electrons. The van der Waals surface area contributed by atoms with Gasteiger partial charge in [-0.05, 0) is 37.1 Å². The van der Waals surface area contributed by atoms with Gasteiger partial charge in [-0.15, -0.1) is 0 Å². The van der Waals surface area contributed by atoms with Gasteiger partial charge in [0.1, 0.15) is 5.82 Å². The average Bonchev–Trinajstić information content (AvgIpc) is 3.23. The van der Waals surface area contributed by atoms with Gasteiger partial charge in [-0.1, -0.05) is 11.6 Å². The fourth-order valence-corrected chi connectivity index (χ4v) is 3.56. The molecule has 5 nitrogen and oxygen atoms in total. The van der Waals surface area contributed by atoms with E-state index in [1.807, 2.05) is 13.1 Å². The van der Waals surface area contributed by atoms with Gasteiger partial charge >= 0.3 is 0 Å². The molecule has 3 rings (SSSR count). The number of benzene rings is 1. The minimum absolute atomic E-state index is 0.0720. The minimum atomic E-state index is -3.76. The number of halogens is 2. The van der Waals surface area contributed by atoms with Crippen LogP contribution in [0.3, 0.4) is 0 Å². The molecule has 1 N–H and O–H groups in total. The SMILES string of the molecule is Cn1nc(CNS(=O)(=O)c2ccc(F)c(Cl)c2)cc1C1CC1. The number of nitrogens with zero attached hydrogens (tertiary/aromatic N) is 2. The fourth-order valence-electron chi connectivity index (χ4n) is 2.29. The van der Waals surface area contributed by atoms with E-state index in [1.54, 1.807) is 4.68 Å². The first-order valence-electron chi connectivity index (χ1n) is 6.84. The van der Waals surface area contributed by atoms with Crippen LogP contribution in [0.4, 0.5) is 4.39 Å². The van der Waals surface area contributed by atoms with E-state index < -0.39 is 15.8 Å². The Morgan fingerprint density at radius 2 is 2.14 bits per heavy atom. The van der Waals surface area contributed by atoms with Crippen LogP contribution in [0.15, 0.2) is 29.2 Å². The molecule has 1 fully saturated rings. The number of rotatable bonds is 5. The number of nitrogens with one attached hydrogen (secondary N) is 1. The van der Waals surface area contributed by atoms with Crippen LogP contribution in [0, 0.1) is 5.82 Å². The highest BCUT2D eigenvalue weighted by Crippen LogP contribution is 2.39. The lowest BCUT2D eigenvalue weighted by molar-refractivity contribution is 0.578. The predicted molar refractivity (Wildman–Crippen MR) is 80.6 cm³/mol. The Morgan fingerprint density at radius 1 is 1.41 bits per heavy atom. The molecule has 0 unspecified atom stereocenters. The highest BCUT2D eigenvalue weighted by Gasteiger charge is 2.27. The smallest absolute Gasteiger partial charge is 0.240 e. The largest absolute Gasteiger partial charge is 0.272 e. The van der Waals surface area contributed by atoms with Gasteiger partial charge in [-0.2, -0.15) is 5.10 Å². The van der Waals surface area contributed by atoms with E-state index in [0.717, 1.165) is 30.7 Å². The van der Waals surface area contributed by atoms with E-state index in [1.165, 1.54) is 6.07 Å². The van der Waals surface area contributed by atoms with E-state index in [9.17, 15) is 12.8 Å². The van der Waals surface area contributed by atoms with Gasteiger partial charge in [0, 0.05) is 18.7 Å². The van der Waals surface area contributed by atoms with Crippen LogP contribution < -0.4 is 4.72 Å². The lowest BCUT2D eigenvalue weighted by Crippen LogP contribution is -2.23. The molecule has 0 atom stereocenters. The summed E-state index contributed by atoms with van der Waals surface area (Å²) >= 11 is 5.62. The third-order valence-corrected chi connectivity index (χ3v) is 5.30. The van der Waals surface area contributed by atoms with Crippen LogP contribution in [-0.4, -0.2) is 18.2 Å². The van der Waals surface area contributed by atoms with Crippen molar-refractivity contribution in [2.45, 2.75) is 30.2 Å². The second-order valence-corrected chi connectivity index (χ2v) is 7.53. The molecule has 0 aliphatic heterocycles. The van der Waals surface area contributed by atoms with Crippen molar-refractivity contribution in [3.63, 3.8) is 0 Å². The van der Waals surface area contributed by atoms with E-state index in [2.05, 4.69) is 9.82 Å². The van der Waals surface area contributed by atoms with Gasteiger partial charge in [-0.25, -0.2) is 17.5 Å². The van der Waals surface area contributed by atoms with E-state index >= 15 is 0 Å². The summed E-state index contributed by atoms with van der Waals surface area (Å²) in [6.45, 7) is 0.0812. The standard InChI is InChI=1S/C14H15ClFN3O2S/c1-19-14(9-2-3-9)6-10(18-19)8-17-22(20,21)11-4-5-13(16)12(15)7-11/h4-7,9,17H,2-3,8H2,1H3. The Kier molecular flexibility index (Phi) is 3.96. The van der Waals surface area contributed by atoms with Gasteiger partial charge in [0.15, 0.2) is 0 Å². The van der Waals surface area contributed by atoms with Crippen molar-refractivity contribution in [1.29, 1.82) is 0 Å². The summed E-state index contributed by atoms with van der Waals surface area (Å²) in [4.78, 5) is -0.0720. The van der Waals surface area contributed by atoms with Crippen molar-refractivity contribution in [2.75, 3.05) is 0 Å². The quantitative estimate of drug-likeness (QED) is 0.907. The summed E-state index contributed by atoms with van der Waals surface area (Å²) in [6.07, 6.45) is 2.30. The molecule has 1 aliphatic carbocycles. The first-order chi connectivity index (χ1) is 10.4. The maximum atomic E-state index is 13.1. The van der Waals surface area contributed by atoms with Gasteiger partial charge < -0.3 is 0 Å². The van der Waals surface area contributed by atoms with Crippen LogP contribution in [0.1, 0.15) is 30.1 Å². The molecule has 8 heteroatoms. The molecule has 1 heterocycles. The molecular formula is C14H15ClFN3O2S. The Labute approximate surface area is 133 Å². The molecule has 118 valence electrons. The van der Waals surface area contributed by atoms with Crippen molar-refractivity contribution in [2.24, 2.45) is 7.05 Å². The number of aromatic nitrogens is 2. The molecule has 1 aromatic heterocycles. The topological polar surface area (TPSA) is 64.0 Å². The average molecular weight is 344 g/mol. The second kappa shape index (κ2) is 5.64. The summed E-state index contributed by atoms with van der Waals surface area (Å²) in [5.41, 5.74) is 1.78. The van der Waals surface area contributed by atoms with Gasteiger partial charge in [0.25, 0.3) is 0 Å². The van der Waals surface area contributed by atoms with Crippen LogP contribution in [0.25, 0.3) is 0 Å². The number of hydrogen-bond acceptors (Lipinski definition) is 3. The zero-order chi connectivity index (χ0) is 15.9. The summed E-state index contributed by atoms with van der Waals surface area (Å²) < 4.78 is 41.7. The van der Waals surface area contributed by atoms with Crippen molar-refractivity contribution in [3.05, 3.63) is 46.5 Å². The number of hydrogen-bond donors (Lipinski definition) is 1. The second-order valence-electron chi connectivity index (χ2n) is 5.36. The summed E-state index contributed by atoms with van der Waals surface area (Å²) in [7, 11) is -1.90. The van der Waals surface area contributed by atoms with Crippen LogP contribution in [-0.2, 0) is 23.6 Å². The van der Waals surface area contributed by atoms with Crippen molar-refractivity contribution in [3.8, 4) is 0 Å². The molecular weight excluding hydrogens is 329 g/mol. The maximum Gasteiger partial charge on any atom is 0.240 e. The van der Waals surface area contributed by atoms with E-state index in [4.69, 9.17) is 11.6 Å². The minimum Gasteiger partial charge on any atom is -0.272 e. The van der Waals surface area contributed by atoms with Gasteiger partial charge in [0.2, 0.25) is 10.0 Å². The van der Waals surface area contributed by atoms with Crippen LogP contribution in [0.5, 0.6) is 0 Å². The van der Waals surface area contributed by atoms with Gasteiger partial charge in [0.05, 0.1) is 22.2 Å². The number of aryl methyl sites for hydroxylation is 1. The van der Waals surface area contributed by atoms with Crippen molar-refractivity contribution in [1.82, 2.24) is 14.5 Å². The Balaban J connectivity index is 1.74. The lowest BCUT2D eigenvalue weighted by Gasteiger charge is -2.06. The monoisotopic (exact) mass is 343 g/mol. The molecule has 0 bridgehead atoms. The zero-order valence-electron chi connectivity index (χ0n) is 11.9. The highest BCUT2D eigenvalue weighted by molar-refractivity contribution is 7.89. The third-order valence-electron chi connectivity index (χ3n) is 3.61. The maximum absolute atomic E-state index is 13.1. The summed E-state index contributed by atoms with van der Waals surface area (Å²) in [5.74, 6) is -0.113. The molecule has 1 aromatic carbocycles. The molecule has 0 saturated heterocycles. The summed E-state index contributed by atoms with van der Waals surface area (Å²) in [6, 6.07) is 5.21. The first kappa shape index (κ1) is 15.5. The first-order valence-corrected chi connectivity index (χ1v) is 8.70. The van der Waals surface area contributed by atoms with Crippen LogP contribution >= 0.6 is 11.6 Å². The lowest BCUT2D eigenvalue weighted by atomic mass is 10.2. The highest BCUT2D eigenvalue weighted by atomic mass is 35.5. The van der Waals surface area contributed by atoms with Crippen molar-refractivity contribution >= 4 is 21.6 Å². The third kappa shape index (κ3) is 3.16. The predicted octanol–water partition coefficient (Wildman–Crippen LogP) is 2.57. The Bertz CT molecular complexity index is 815. The number of sulfonamides is 1.